The number of imidazole rings is 1. The molecule has 0 bridgehead atoms. The molecule has 2 aromatic carbocycles. The molecule has 0 aliphatic rings. The van der Waals surface area contributed by atoms with E-state index in [9.17, 15) is 9.59 Å². The van der Waals surface area contributed by atoms with Crippen molar-refractivity contribution in [1.82, 2.24) is 29.6 Å². The van der Waals surface area contributed by atoms with E-state index in [0.717, 1.165) is 23.9 Å². The van der Waals surface area contributed by atoms with E-state index in [4.69, 9.17) is 4.74 Å². The third-order valence-electron chi connectivity index (χ3n) is 5.73. The van der Waals surface area contributed by atoms with Gasteiger partial charge in [-0.15, -0.1) is 0 Å². The first kappa shape index (κ1) is 24.5. The fraction of sp³-hybridized carbons (Fsp3) is 0.148. The molecule has 38 heavy (non-hydrogen) atoms. The van der Waals surface area contributed by atoms with Gasteiger partial charge in [0.2, 0.25) is 0 Å². The number of hydrogen-bond donors (Lipinski definition) is 3. The van der Waals surface area contributed by atoms with Crippen LogP contribution in [0.2, 0.25) is 0 Å². The Morgan fingerprint density at radius 2 is 1.82 bits per heavy atom. The molecule has 0 atom stereocenters. The van der Waals surface area contributed by atoms with Gasteiger partial charge in [0.05, 0.1) is 18.0 Å². The number of hydrogen-bond acceptors (Lipinski definition) is 6. The predicted octanol–water partition coefficient (Wildman–Crippen LogP) is 4.42. The Labute approximate surface area is 218 Å². The number of aryl methyl sites for hydroxylation is 2. The average Bonchev–Trinajstić information content (AvgIpc) is 3.56. The molecule has 5 aromatic rings. The number of carbonyl (C=O) groups is 2. The summed E-state index contributed by atoms with van der Waals surface area (Å²) >= 11 is 0. The summed E-state index contributed by atoms with van der Waals surface area (Å²) in [6.45, 7) is 1.27. The van der Waals surface area contributed by atoms with Crippen molar-refractivity contribution in [2.45, 2.75) is 13.0 Å². The van der Waals surface area contributed by atoms with Gasteiger partial charge in [-0.25, -0.2) is 9.78 Å². The van der Waals surface area contributed by atoms with E-state index in [1.54, 1.807) is 59.8 Å². The Bertz CT molecular complexity index is 1560. The summed E-state index contributed by atoms with van der Waals surface area (Å²) in [6, 6.07) is 15.4. The number of ether oxygens (including phenoxy) is 1. The molecule has 3 heterocycles. The van der Waals surface area contributed by atoms with Crippen LogP contribution in [0.1, 0.15) is 16.9 Å². The van der Waals surface area contributed by atoms with Crippen molar-refractivity contribution in [3.05, 3.63) is 91.4 Å². The lowest BCUT2D eigenvalue weighted by molar-refractivity contribution is 0.0947. The third-order valence-corrected chi connectivity index (χ3v) is 5.73. The largest absolute Gasteiger partial charge is 0.457 e. The number of nitrogens with zero attached hydrogens (tertiary/aromatic N) is 5. The number of amides is 3. The van der Waals surface area contributed by atoms with Crippen LogP contribution >= 0.6 is 0 Å². The molecule has 3 N–H and O–H groups in total. The van der Waals surface area contributed by atoms with Crippen molar-refractivity contribution in [2.75, 3.05) is 17.2 Å². The minimum absolute atomic E-state index is 0.254. The maximum absolute atomic E-state index is 12.5. The summed E-state index contributed by atoms with van der Waals surface area (Å²) in [6.07, 6.45) is 9.37. The zero-order valence-electron chi connectivity index (χ0n) is 20.7. The van der Waals surface area contributed by atoms with Gasteiger partial charge in [0, 0.05) is 67.6 Å². The number of carbonyl (C=O) groups excluding carboxylic acids is 2. The van der Waals surface area contributed by atoms with E-state index in [2.05, 4.69) is 31.0 Å². The van der Waals surface area contributed by atoms with Crippen molar-refractivity contribution in [3.63, 3.8) is 0 Å². The number of benzene rings is 2. The molecule has 0 saturated carbocycles. The molecule has 3 amide bonds. The molecule has 192 valence electrons. The maximum Gasteiger partial charge on any atom is 0.323 e. The summed E-state index contributed by atoms with van der Waals surface area (Å²) in [5.74, 6) is 0.671. The van der Waals surface area contributed by atoms with Crippen LogP contribution < -0.4 is 20.7 Å². The number of fused-ring (bicyclic) bond motifs is 1. The Kier molecular flexibility index (Phi) is 7.25. The van der Waals surface area contributed by atoms with Crippen molar-refractivity contribution in [3.8, 4) is 11.5 Å². The molecule has 0 spiro atoms. The van der Waals surface area contributed by atoms with Crippen LogP contribution in [0.5, 0.6) is 11.5 Å². The average molecular weight is 511 g/mol. The molecule has 0 radical (unpaired) electrons. The van der Waals surface area contributed by atoms with Crippen LogP contribution in [0.15, 0.2) is 85.7 Å². The lowest BCUT2D eigenvalue weighted by Gasteiger charge is -2.11. The van der Waals surface area contributed by atoms with Gasteiger partial charge in [0.25, 0.3) is 5.91 Å². The lowest BCUT2D eigenvalue weighted by atomic mass is 10.2. The van der Waals surface area contributed by atoms with Crippen LogP contribution in [0.4, 0.5) is 16.2 Å². The Balaban J connectivity index is 1.15. The second-order valence-corrected chi connectivity index (χ2v) is 8.54. The van der Waals surface area contributed by atoms with E-state index in [1.165, 1.54) is 6.20 Å². The van der Waals surface area contributed by atoms with E-state index in [-0.39, 0.29) is 17.6 Å². The molecule has 3 aromatic heterocycles. The van der Waals surface area contributed by atoms with Gasteiger partial charge in [-0.1, -0.05) is 6.07 Å². The molecule has 0 aliphatic heterocycles. The van der Waals surface area contributed by atoms with E-state index in [0.29, 0.717) is 29.4 Å². The van der Waals surface area contributed by atoms with Gasteiger partial charge in [0.1, 0.15) is 17.2 Å². The van der Waals surface area contributed by atoms with Crippen molar-refractivity contribution in [2.24, 2.45) is 7.05 Å². The number of nitrogens with one attached hydrogen (secondary N) is 3. The number of anilines is 2. The molecular weight excluding hydrogens is 484 g/mol. The van der Waals surface area contributed by atoms with Crippen molar-refractivity contribution in [1.29, 1.82) is 0 Å². The molecule has 0 fully saturated rings. The van der Waals surface area contributed by atoms with Crippen molar-refractivity contribution < 1.29 is 14.3 Å². The van der Waals surface area contributed by atoms with Crippen LogP contribution in [-0.4, -0.2) is 42.8 Å². The van der Waals surface area contributed by atoms with Crippen LogP contribution in [0.25, 0.3) is 10.9 Å². The first-order valence-corrected chi connectivity index (χ1v) is 12.0. The van der Waals surface area contributed by atoms with Gasteiger partial charge in [0.15, 0.2) is 0 Å². The van der Waals surface area contributed by atoms with Crippen LogP contribution in [-0.2, 0) is 13.6 Å². The minimum atomic E-state index is -0.388. The van der Waals surface area contributed by atoms with Crippen LogP contribution in [0.3, 0.4) is 0 Å². The topological polar surface area (TPSA) is 128 Å². The van der Waals surface area contributed by atoms with Gasteiger partial charge >= 0.3 is 6.03 Å². The Morgan fingerprint density at radius 3 is 2.66 bits per heavy atom. The zero-order chi connectivity index (χ0) is 26.3. The quantitative estimate of drug-likeness (QED) is 0.252. The summed E-state index contributed by atoms with van der Waals surface area (Å²) < 4.78 is 9.65. The van der Waals surface area contributed by atoms with Gasteiger partial charge < -0.3 is 25.3 Å². The highest BCUT2D eigenvalue weighted by Crippen LogP contribution is 2.25. The maximum atomic E-state index is 12.5. The monoisotopic (exact) mass is 510 g/mol. The number of rotatable bonds is 9. The summed E-state index contributed by atoms with van der Waals surface area (Å²) in [7, 11) is 1.87. The highest BCUT2D eigenvalue weighted by Gasteiger charge is 2.10. The number of aromatic nitrogens is 5. The highest BCUT2D eigenvalue weighted by atomic mass is 16.5. The normalized spacial score (nSPS) is 10.8. The molecule has 0 aliphatic carbocycles. The molecular formula is C27H26N8O3. The van der Waals surface area contributed by atoms with Gasteiger partial charge in [-0.3, -0.25) is 14.5 Å². The second-order valence-electron chi connectivity index (χ2n) is 8.54. The predicted molar refractivity (Wildman–Crippen MR) is 143 cm³/mol. The van der Waals surface area contributed by atoms with Gasteiger partial charge in [-0.05, 0) is 42.8 Å². The summed E-state index contributed by atoms with van der Waals surface area (Å²) in [5.41, 5.74) is 2.43. The second kappa shape index (κ2) is 11.2. The fourth-order valence-corrected chi connectivity index (χ4v) is 3.88. The minimum Gasteiger partial charge on any atom is -0.457 e. The SMILES string of the molecule is Cn1ncc2cc(NC(=O)Nc3cccc(Oc4ccnc(C(=O)NCCCn5ccnc5)c4)c3)ccc21. The fourth-order valence-electron chi connectivity index (χ4n) is 3.88. The lowest BCUT2D eigenvalue weighted by Crippen LogP contribution is -2.26. The first-order chi connectivity index (χ1) is 18.5. The summed E-state index contributed by atoms with van der Waals surface area (Å²) in [5, 5.41) is 13.6. The molecule has 11 heteroatoms. The standard InChI is InChI=1S/C27H26N8O3/c1-34-25-7-6-21(14-19(25)17-31-34)33-27(37)32-20-4-2-5-22(15-20)38-23-8-10-29-24(16-23)26(36)30-9-3-12-35-13-11-28-18-35/h2,4-8,10-11,13-18H,3,9,12H2,1H3,(H,30,36)(H2,32,33,37). The van der Waals surface area contributed by atoms with E-state index < -0.39 is 0 Å². The van der Waals surface area contributed by atoms with E-state index >= 15 is 0 Å². The highest BCUT2D eigenvalue weighted by molar-refractivity contribution is 6.01. The molecule has 0 unspecified atom stereocenters. The number of pyridine rings is 1. The molecule has 0 saturated heterocycles. The first-order valence-electron chi connectivity index (χ1n) is 12.0. The Hall–Kier alpha value is -5.19. The van der Waals surface area contributed by atoms with E-state index in [1.807, 2.05) is 36.0 Å². The molecule has 5 rings (SSSR count). The third kappa shape index (κ3) is 6.13. The summed E-state index contributed by atoms with van der Waals surface area (Å²) in [4.78, 5) is 33.2. The Morgan fingerprint density at radius 1 is 0.974 bits per heavy atom. The zero-order valence-corrected chi connectivity index (χ0v) is 20.7. The smallest absolute Gasteiger partial charge is 0.323 e. The van der Waals surface area contributed by atoms with Gasteiger partial charge in [-0.2, -0.15) is 5.10 Å². The van der Waals surface area contributed by atoms with Crippen LogP contribution in [0, 0.1) is 0 Å². The number of urea groups is 1. The molecule has 11 nitrogen and oxygen atoms in total. The van der Waals surface area contributed by atoms with Crippen molar-refractivity contribution >= 4 is 34.2 Å².